The summed E-state index contributed by atoms with van der Waals surface area (Å²) >= 11 is 0. The summed E-state index contributed by atoms with van der Waals surface area (Å²) in [4.78, 5) is 34.5. The Balaban J connectivity index is 1.91. The Hall–Kier alpha value is -3.75. The van der Waals surface area contributed by atoms with Crippen LogP contribution in [0.2, 0.25) is 0 Å². The molecule has 0 radical (unpaired) electrons. The van der Waals surface area contributed by atoms with Crippen LogP contribution in [0.25, 0.3) is 10.9 Å². The van der Waals surface area contributed by atoms with Gasteiger partial charge in [-0.2, -0.15) is 0 Å². The van der Waals surface area contributed by atoms with Crippen LogP contribution in [0.4, 0.5) is 4.53 Å². The Labute approximate surface area is 177 Å². The van der Waals surface area contributed by atoms with Gasteiger partial charge < -0.3 is 15.2 Å². The number of carbonyl (C=O) groups is 2. The molecule has 2 heterocycles. The smallest absolute Gasteiger partial charge is 0.367 e. The SMILES string of the molecule is Cc1nc(C(=O)NCC(=O)OF)c(O)c2ccc(Oc3cccc(C(C)(C)C)c3)nc12. The Morgan fingerprint density at radius 2 is 1.90 bits per heavy atom. The third kappa shape index (κ3) is 4.88. The van der Waals surface area contributed by atoms with Gasteiger partial charge in [0.1, 0.15) is 12.3 Å². The summed E-state index contributed by atoms with van der Waals surface area (Å²) in [6.07, 6.45) is 0. The maximum Gasteiger partial charge on any atom is 0.367 e. The number of pyridine rings is 2. The molecule has 162 valence electrons. The molecule has 0 bridgehead atoms. The van der Waals surface area contributed by atoms with Crippen LogP contribution in [-0.4, -0.2) is 33.5 Å². The fraction of sp³-hybridized carbons (Fsp3) is 0.273. The summed E-state index contributed by atoms with van der Waals surface area (Å²) in [6, 6.07) is 10.8. The van der Waals surface area contributed by atoms with Crippen molar-refractivity contribution in [3.63, 3.8) is 0 Å². The second-order valence-electron chi connectivity index (χ2n) is 7.95. The monoisotopic (exact) mass is 427 g/mol. The average Bonchev–Trinajstić information content (AvgIpc) is 2.73. The molecule has 2 aromatic heterocycles. The van der Waals surface area contributed by atoms with E-state index in [1.807, 2.05) is 24.3 Å². The van der Waals surface area contributed by atoms with Gasteiger partial charge in [0, 0.05) is 16.0 Å². The minimum atomic E-state index is -1.27. The van der Waals surface area contributed by atoms with Gasteiger partial charge in [0.2, 0.25) is 5.88 Å². The fourth-order valence-corrected chi connectivity index (χ4v) is 2.93. The van der Waals surface area contributed by atoms with Crippen molar-refractivity contribution in [2.45, 2.75) is 33.1 Å². The predicted octanol–water partition coefficient (Wildman–Crippen LogP) is 3.89. The standard InChI is InChI=1S/C22H22FN3O5/c1-12-18-15(20(28)19(25-12)21(29)24-11-17(27)31-23)8-9-16(26-18)30-14-7-5-6-13(10-14)22(2,3)4/h5-10,28H,11H2,1-4H3,(H,24,29). The highest BCUT2D eigenvalue weighted by Crippen LogP contribution is 2.32. The Morgan fingerprint density at radius 1 is 1.16 bits per heavy atom. The number of nitrogens with zero attached hydrogens (tertiary/aromatic N) is 2. The van der Waals surface area contributed by atoms with Crippen molar-refractivity contribution in [3.8, 4) is 17.4 Å². The zero-order chi connectivity index (χ0) is 22.8. The van der Waals surface area contributed by atoms with Crippen molar-refractivity contribution in [2.24, 2.45) is 0 Å². The minimum absolute atomic E-state index is 0.0413. The van der Waals surface area contributed by atoms with Crippen molar-refractivity contribution in [1.82, 2.24) is 15.3 Å². The molecule has 1 amide bonds. The van der Waals surface area contributed by atoms with E-state index in [4.69, 9.17) is 4.74 Å². The first-order valence-electron chi connectivity index (χ1n) is 9.48. The lowest BCUT2D eigenvalue weighted by Crippen LogP contribution is -2.30. The zero-order valence-electron chi connectivity index (χ0n) is 17.5. The van der Waals surface area contributed by atoms with Gasteiger partial charge in [-0.25, -0.2) is 14.8 Å². The second kappa shape index (κ2) is 8.55. The van der Waals surface area contributed by atoms with Crippen LogP contribution in [0, 0.1) is 6.92 Å². The van der Waals surface area contributed by atoms with E-state index in [9.17, 15) is 19.2 Å². The first-order chi connectivity index (χ1) is 14.6. The van der Waals surface area contributed by atoms with E-state index < -0.39 is 24.2 Å². The summed E-state index contributed by atoms with van der Waals surface area (Å²) < 4.78 is 17.7. The lowest BCUT2D eigenvalue weighted by atomic mass is 9.87. The number of halogens is 1. The Bertz CT molecular complexity index is 1160. The molecule has 0 aliphatic rings. The Morgan fingerprint density at radius 3 is 2.58 bits per heavy atom. The molecule has 0 atom stereocenters. The number of rotatable bonds is 5. The lowest BCUT2D eigenvalue weighted by Gasteiger charge is -2.19. The van der Waals surface area contributed by atoms with Gasteiger partial charge >= 0.3 is 5.97 Å². The van der Waals surface area contributed by atoms with Gasteiger partial charge in [0.15, 0.2) is 11.4 Å². The highest BCUT2D eigenvalue weighted by molar-refractivity contribution is 6.02. The van der Waals surface area contributed by atoms with Crippen LogP contribution in [0.1, 0.15) is 42.5 Å². The topological polar surface area (TPSA) is 111 Å². The van der Waals surface area contributed by atoms with Crippen LogP contribution >= 0.6 is 0 Å². The van der Waals surface area contributed by atoms with Crippen LogP contribution in [-0.2, 0) is 15.2 Å². The molecule has 0 saturated heterocycles. The molecule has 2 N–H and O–H groups in total. The molecular weight excluding hydrogens is 405 g/mol. The summed E-state index contributed by atoms with van der Waals surface area (Å²) in [7, 11) is 0. The van der Waals surface area contributed by atoms with Gasteiger partial charge in [0.25, 0.3) is 5.91 Å². The van der Waals surface area contributed by atoms with Crippen LogP contribution < -0.4 is 10.1 Å². The van der Waals surface area contributed by atoms with Crippen molar-refractivity contribution in [1.29, 1.82) is 0 Å². The maximum atomic E-state index is 12.2. The molecule has 0 spiro atoms. The summed E-state index contributed by atoms with van der Waals surface area (Å²) in [6.45, 7) is 7.23. The molecule has 3 rings (SSSR count). The number of nitrogens with one attached hydrogen (secondary N) is 1. The van der Waals surface area contributed by atoms with E-state index in [0.717, 1.165) is 5.56 Å². The van der Waals surface area contributed by atoms with Crippen LogP contribution in [0.5, 0.6) is 17.4 Å². The van der Waals surface area contributed by atoms with E-state index in [1.54, 1.807) is 19.1 Å². The van der Waals surface area contributed by atoms with Crippen molar-refractivity contribution in [2.75, 3.05) is 6.54 Å². The number of aromatic hydroxyl groups is 1. The molecule has 0 fully saturated rings. The molecule has 0 aliphatic heterocycles. The quantitative estimate of drug-likeness (QED) is 0.635. The molecule has 0 saturated carbocycles. The number of fused-ring (bicyclic) bond motifs is 1. The zero-order valence-corrected chi connectivity index (χ0v) is 17.5. The van der Waals surface area contributed by atoms with Gasteiger partial charge in [0.05, 0.1) is 11.2 Å². The predicted molar refractivity (Wildman–Crippen MR) is 111 cm³/mol. The number of ether oxygens (including phenoxy) is 1. The lowest BCUT2D eigenvalue weighted by molar-refractivity contribution is -0.182. The van der Waals surface area contributed by atoms with Gasteiger partial charge in [-0.1, -0.05) is 32.9 Å². The fourth-order valence-electron chi connectivity index (χ4n) is 2.93. The van der Waals surface area contributed by atoms with E-state index in [-0.39, 0.29) is 16.5 Å². The van der Waals surface area contributed by atoms with Gasteiger partial charge in [-0.3, -0.25) is 9.74 Å². The highest BCUT2D eigenvalue weighted by Gasteiger charge is 2.20. The van der Waals surface area contributed by atoms with Crippen LogP contribution in [0.3, 0.4) is 0 Å². The average molecular weight is 427 g/mol. The number of hydrogen-bond donors (Lipinski definition) is 2. The summed E-state index contributed by atoms with van der Waals surface area (Å²) in [5.41, 5.74) is 1.46. The van der Waals surface area contributed by atoms with Crippen molar-refractivity contribution < 1.29 is 28.9 Å². The number of benzene rings is 1. The number of amides is 1. The number of aromatic nitrogens is 2. The molecule has 9 heteroatoms. The first-order valence-corrected chi connectivity index (χ1v) is 9.48. The van der Waals surface area contributed by atoms with Crippen molar-refractivity contribution >= 4 is 22.8 Å². The molecule has 31 heavy (non-hydrogen) atoms. The van der Waals surface area contributed by atoms with E-state index in [1.165, 1.54) is 0 Å². The first kappa shape index (κ1) is 21.9. The summed E-state index contributed by atoms with van der Waals surface area (Å²) in [5, 5.41) is 12.9. The van der Waals surface area contributed by atoms with E-state index >= 15 is 0 Å². The molecular formula is C22H22FN3O5. The van der Waals surface area contributed by atoms with Gasteiger partial charge in [-0.15, -0.1) is 0 Å². The second-order valence-corrected chi connectivity index (χ2v) is 7.95. The number of carbonyl (C=O) groups excluding carboxylic acids is 2. The summed E-state index contributed by atoms with van der Waals surface area (Å²) in [5.74, 6) is -1.63. The third-order valence-electron chi connectivity index (χ3n) is 4.59. The number of aryl methyl sites for hydroxylation is 1. The highest BCUT2D eigenvalue weighted by atomic mass is 19.3. The van der Waals surface area contributed by atoms with Crippen molar-refractivity contribution in [3.05, 3.63) is 53.3 Å². The van der Waals surface area contributed by atoms with E-state index in [0.29, 0.717) is 22.8 Å². The van der Waals surface area contributed by atoms with E-state index in [2.05, 4.69) is 41.0 Å². The minimum Gasteiger partial charge on any atom is -0.505 e. The van der Waals surface area contributed by atoms with Crippen LogP contribution in [0.15, 0.2) is 36.4 Å². The number of hydrogen-bond acceptors (Lipinski definition) is 7. The molecule has 8 nitrogen and oxygen atoms in total. The largest absolute Gasteiger partial charge is 0.505 e. The molecule has 0 aliphatic carbocycles. The third-order valence-corrected chi connectivity index (χ3v) is 4.59. The molecule has 1 aromatic carbocycles. The maximum absolute atomic E-state index is 12.2. The molecule has 3 aromatic rings. The van der Waals surface area contributed by atoms with Gasteiger partial charge in [-0.05, 0) is 36.1 Å². The Kier molecular flexibility index (Phi) is 6.05. The molecule has 0 unspecified atom stereocenters. The normalized spacial score (nSPS) is 11.3.